The number of aromatic nitrogens is 2. The lowest BCUT2D eigenvalue weighted by atomic mass is 10.2. The first-order chi connectivity index (χ1) is 11.4. The van der Waals surface area contributed by atoms with E-state index in [-0.39, 0.29) is 18.0 Å². The molecule has 0 atom stereocenters. The Hall–Kier alpha value is -2.74. The van der Waals surface area contributed by atoms with Gasteiger partial charge in [0.15, 0.2) is 0 Å². The monoisotopic (exact) mass is 388 g/mol. The third-order valence-electron chi connectivity index (χ3n) is 3.50. The first-order valence-corrected chi connectivity index (χ1v) is 7.90. The molecule has 0 radical (unpaired) electrons. The molecule has 1 aromatic carbocycles. The van der Waals surface area contributed by atoms with Gasteiger partial charge in [0.05, 0.1) is 22.7 Å². The maximum Gasteiger partial charge on any atom is 0.271 e. The number of nitro groups is 1. The number of benzene rings is 1. The number of non-ortho nitro benzene ring substituents is 1. The number of hydrogen-bond donors (Lipinski definition) is 1. The molecular weight excluding hydrogens is 376 g/mol. The van der Waals surface area contributed by atoms with Gasteiger partial charge in [-0.25, -0.2) is 4.98 Å². The van der Waals surface area contributed by atoms with Gasteiger partial charge in [0.25, 0.3) is 5.69 Å². The van der Waals surface area contributed by atoms with Crippen LogP contribution in [0.2, 0.25) is 0 Å². The zero-order valence-electron chi connectivity index (χ0n) is 12.7. The third kappa shape index (κ3) is 3.28. The maximum atomic E-state index is 12.2. The fourth-order valence-corrected chi connectivity index (χ4v) is 2.72. The Labute approximate surface area is 145 Å². The number of anilines is 1. The van der Waals surface area contributed by atoms with Crippen LogP contribution in [0.1, 0.15) is 11.3 Å². The summed E-state index contributed by atoms with van der Waals surface area (Å²) in [7, 11) is 0. The predicted molar refractivity (Wildman–Crippen MR) is 93.1 cm³/mol. The molecule has 0 bridgehead atoms. The van der Waals surface area contributed by atoms with Crippen molar-refractivity contribution in [2.75, 3.05) is 5.32 Å². The number of hydrogen-bond acceptors (Lipinski definition) is 4. The van der Waals surface area contributed by atoms with Gasteiger partial charge in [-0.05, 0) is 40.5 Å². The van der Waals surface area contributed by atoms with Gasteiger partial charge in [0, 0.05) is 29.0 Å². The lowest BCUT2D eigenvalue weighted by Crippen LogP contribution is -2.15. The van der Waals surface area contributed by atoms with Gasteiger partial charge < -0.3 is 9.72 Å². The van der Waals surface area contributed by atoms with Crippen molar-refractivity contribution in [3.63, 3.8) is 0 Å². The lowest BCUT2D eigenvalue weighted by Gasteiger charge is -2.06. The van der Waals surface area contributed by atoms with Crippen molar-refractivity contribution >= 4 is 38.9 Å². The summed E-state index contributed by atoms with van der Waals surface area (Å²) in [5.41, 5.74) is 2.72. The number of rotatable bonds is 4. The average Bonchev–Trinajstić information content (AvgIpc) is 2.93. The molecule has 0 saturated heterocycles. The van der Waals surface area contributed by atoms with Gasteiger partial charge in [-0.1, -0.05) is 6.07 Å². The van der Waals surface area contributed by atoms with Gasteiger partial charge in [-0.2, -0.15) is 0 Å². The van der Waals surface area contributed by atoms with E-state index in [1.165, 1.54) is 18.2 Å². The van der Waals surface area contributed by atoms with E-state index in [2.05, 4.69) is 26.2 Å². The summed E-state index contributed by atoms with van der Waals surface area (Å²) in [5, 5.41) is 13.5. The Morgan fingerprint density at radius 3 is 2.92 bits per heavy atom. The van der Waals surface area contributed by atoms with Crippen molar-refractivity contribution in [1.82, 2.24) is 9.38 Å². The van der Waals surface area contributed by atoms with Gasteiger partial charge in [0.1, 0.15) is 5.65 Å². The minimum Gasteiger partial charge on any atom is -0.325 e. The minimum absolute atomic E-state index is 0.0796. The lowest BCUT2D eigenvalue weighted by molar-refractivity contribution is -0.384. The van der Waals surface area contributed by atoms with E-state index in [4.69, 9.17) is 0 Å². The first kappa shape index (κ1) is 16.1. The highest BCUT2D eigenvalue weighted by Crippen LogP contribution is 2.27. The topological polar surface area (TPSA) is 89.5 Å². The quantitative estimate of drug-likeness (QED) is 0.546. The number of amides is 1. The summed E-state index contributed by atoms with van der Waals surface area (Å²) in [6.07, 6.45) is 3.74. The zero-order valence-corrected chi connectivity index (χ0v) is 14.3. The molecular formula is C16H13BrN4O3. The van der Waals surface area contributed by atoms with Crippen LogP contribution in [-0.2, 0) is 11.2 Å². The fraction of sp³-hybridized carbons (Fsp3) is 0.125. The molecule has 0 aliphatic carbocycles. The predicted octanol–water partition coefficient (Wildman–Crippen LogP) is 3.49. The Bertz CT molecular complexity index is 952. The average molecular weight is 389 g/mol. The number of nitro benzene ring substituents is 1. The van der Waals surface area contributed by atoms with E-state index in [0.29, 0.717) is 15.9 Å². The summed E-state index contributed by atoms with van der Waals surface area (Å²) in [6, 6.07) is 8.07. The van der Waals surface area contributed by atoms with Crippen LogP contribution in [-0.4, -0.2) is 20.2 Å². The van der Waals surface area contributed by atoms with Crippen LogP contribution in [0.5, 0.6) is 0 Å². The number of pyridine rings is 1. The number of halogens is 1. The largest absolute Gasteiger partial charge is 0.325 e. The molecule has 1 N–H and O–H groups in total. The van der Waals surface area contributed by atoms with E-state index in [0.717, 1.165) is 11.2 Å². The number of nitrogens with zero attached hydrogens (tertiary/aromatic N) is 3. The number of carbonyl (C=O) groups excluding carboxylic acids is 1. The van der Waals surface area contributed by atoms with Crippen LogP contribution in [0.3, 0.4) is 0 Å². The van der Waals surface area contributed by atoms with E-state index < -0.39 is 4.92 Å². The van der Waals surface area contributed by atoms with Crippen LogP contribution in [0.15, 0.2) is 47.2 Å². The number of carbonyl (C=O) groups is 1. The summed E-state index contributed by atoms with van der Waals surface area (Å²) >= 11 is 3.27. The van der Waals surface area contributed by atoms with Gasteiger partial charge in [-0.15, -0.1) is 0 Å². The van der Waals surface area contributed by atoms with Crippen LogP contribution in [0, 0.1) is 17.0 Å². The molecule has 3 rings (SSSR count). The Kier molecular flexibility index (Phi) is 4.30. The molecule has 0 spiro atoms. The Balaban J connectivity index is 1.79. The molecule has 0 aliphatic rings. The highest BCUT2D eigenvalue weighted by Gasteiger charge is 2.13. The second-order valence-corrected chi connectivity index (χ2v) is 6.15. The van der Waals surface area contributed by atoms with Crippen molar-refractivity contribution in [3.05, 3.63) is 68.6 Å². The summed E-state index contributed by atoms with van der Waals surface area (Å²) in [6.45, 7) is 1.95. The summed E-state index contributed by atoms with van der Waals surface area (Å²) in [4.78, 5) is 27.0. The van der Waals surface area contributed by atoms with Gasteiger partial charge >= 0.3 is 0 Å². The number of imidazole rings is 1. The van der Waals surface area contributed by atoms with Crippen molar-refractivity contribution in [2.24, 2.45) is 0 Å². The van der Waals surface area contributed by atoms with Crippen molar-refractivity contribution in [1.29, 1.82) is 0 Å². The van der Waals surface area contributed by atoms with Crippen LogP contribution >= 0.6 is 15.9 Å². The fourth-order valence-electron chi connectivity index (χ4n) is 2.37. The molecule has 1 amide bonds. The third-order valence-corrected chi connectivity index (χ3v) is 4.20. The van der Waals surface area contributed by atoms with E-state index in [9.17, 15) is 14.9 Å². The normalized spacial score (nSPS) is 10.8. The number of fused-ring (bicyclic) bond motifs is 1. The molecule has 122 valence electrons. The Morgan fingerprint density at radius 1 is 1.42 bits per heavy atom. The molecule has 0 aliphatic heterocycles. The second-order valence-electron chi connectivity index (χ2n) is 5.30. The second kappa shape index (κ2) is 6.40. The van der Waals surface area contributed by atoms with Crippen LogP contribution in [0.25, 0.3) is 5.65 Å². The number of nitrogens with one attached hydrogen (secondary N) is 1. The highest BCUT2D eigenvalue weighted by molar-refractivity contribution is 9.10. The van der Waals surface area contributed by atoms with Gasteiger partial charge in [0.2, 0.25) is 5.91 Å². The summed E-state index contributed by atoms with van der Waals surface area (Å²) in [5.74, 6) is -0.294. The van der Waals surface area contributed by atoms with Crippen LogP contribution < -0.4 is 5.32 Å². The molecule has 2 aromatic heterocycles. The van der Waals surface area contributed by atoms with E-state index >= 15 is 0 Å². The number of aryl methyl sites for hydroxylation is 1. The molecule has 3 aromatic rings. The molecule has 8 heteroatoms. The molecule has 0 unspecified atom stereocenters. The molecule has 0 fully saturated rings. The first-order valence-electron chi connectivity index (χ1n) is 7.11. The van der Waals surface area contributed by atoms with E-state index in [1.54, 1.807) is 6.20 Å². The minimum atomic E-state index is -0.507. The molecule has 24 heavy (non-hydrogen) atoms. The Morgan fingerprint density at radius 2 is 2.21 bits per heavy atom. The van der Waals surface area contributed by atoms with E-state index in [1.807, 2.05) is 29.7 Å². The zero-order chi connectivity index (χ0) is 17.3. The molecule has 0 saturated carbocycles. The van der Waals surface area contributed by atoms with Crippen molar-refractivity contribution < 1.29 is 9.72 Å². The molecule has 2 heterocycles. The van der Waals surface area contributed by atoms with Crippen LogP contribution in [0.4, 0.5) is 11.4 Å². The smallest absolute Gasteiger partial charge is 0.271 e. The SMILES string of the molecule is Cc1cccn2cc(CC(=O)Nc3cc([N+](=O)[O-])ccc3Br)nc12. The van der Waals surface area contributed by atoms with Crippen molar-refractivity contribution in [3.8, 4) is 0 Å². The van der Waals surface area contributed by atoms with Gasteiger partial charge in [-0.3, -0.25) is 14.9 Å². The van der Waals surface area contributed by atoms with Crippen molar-refractivity contribution in [2.45, 2.75) is 13.3 Å². The standard InChI is InChI=1S/C16H13BrN4O3/c1-10-3-2-6-20-9-11(18-16(10)20)7-15(22)19-14-8-12(21(23)24)4-5-13(14)17/h2-6,8-9H,7H2,1H3,(H,19,22). The maximum absolute atomic E-state index is 12.2. The highest BCUT2D eigenvalue weighted by atomic mass is 79.9. The molecule has 7 nitrogen and oxygen atoms in total. The summed E-state index contributed by atoms with van der Waals surface area (Å²) < 4.78 is 2.44.